The summed E-state index contributed by atoms with van der Waals surface area (Å²) in [5.41, 5.74) is -0.553. The second kappa shape index (κ2) is 4.41. The molecule has 1 aliphatic rings. The summed E-state index contributed by atoms with van der Waals surface area (Å²) in [5, 5.41) is 0. The molecule has 1 aromatic carbocycles. The fourth-order valence-electron chi connectivity index (χ4n) is 2.71. The Morgan fingerprint density at radius 1 is 1.17 bits per heavy atom. The Morgan fingerprint density at radius 2 is 1.78 bits per heavy atom. The van der Waals surface area contributed by atoms with Gasteiger partial charge in [0.2, 0.25) is 0 Å². The van der Waals surface area contributed by atoms with Crippen molar-refractivity contribution in [3.05, 3.63) is 35.1 Å². The topological polar surface area (TPSA) is 17.1 Å². The van der Waals surface area contributed by atoms with E-state index in [2.05, 4.69) is 0 Å². The van der Waals surface area contributed by atoms with Crippen LogP contribution in [0.1, 0.15) is 43.5 Å². The maximum absolute atomic E-state index is 13.6. The zero-order chi connectivity index (χ0) is 13.5. The molecule has 0 aromatic heterocycles. The van der Waals surface area contributed by atoms with Crippen LogP contribution in [0.25, 0.3) is 0 Å². The number of carbonyl (C=O) groups excluding carboxylic acids is 1. The van der Waals surface area contributed by atoms with Gasteiger partial charge in [-0.05, 0) is 24.3 Å². The first kappa shape index (κ1) is 13.1. The smallest absolute Gasteiger partial charge is 0.169 e. The lowest BCUT2D eigenvalue weighted by molar-refractivity contribution is 0.0834. The van der Waals surface area contributed by atoms with E-state index in [0.717, 1.165) is 12.8 Å². The third-order valence-corrected chi connectivity index (χ3v) is 3.85. The molecular weight excluding hydrogens is 241 g/mol. The van der Waals surface area contributed by atoms with Gasteiger partial charge in [-0.25, -0.2) is 13.2 Å². The van der Waals surface area contributed by atoms with Gasteiger partial charge in [0.05, 0.1) is 5.56 Å². The first-order valence-electron chi connectivity index (χ1n) is 6.01. The van der Waals surface area contributed by atoms with Crippen LogP contribution in [0, 0.1) is 28.8 Å². The summed E-state index contributed by atoms with van der Waals surface area (Å²) in [5.74, 6) is -4.18. The van der Waals surface area contributed by atoms with Crippen LogP contribution in [0.2, 0.25) is 0 Å². The van der Waals surface area contributed by atoms with Crippen LogP contribution in [-0.2, 0) is 0 Å². The fraction of sp³-hybridized carbons (Fsp3) is 0.500. The SMILES string of the molecule is CC1(C)CCCC1C(=O)c1cc(F)c(F)cc1F. The van der Waals surface area contributed by atoms with Gasteiger partial charge >= 0.3 is 0 Å². The number of rotatable bonds is 2. The van der Waals surface area contributed by atoms with E-state index >= 15 is 0 Å². The van der Waals surface area contributed by atoms with Crippen molar-refractivity contribution in [1.82, 2.24) is 0 Å². The maximum Gasteiger partial charge on any atom is 0.169 e. The average Bonchev–Trinajstić information content (AvgIpc) is 2.62. The Balaban J connectivity index is 2.38. The molecule has 1 atom stereocenters. The van der Waals surface area contributed by atoms with Crippen LogP contribution in [0.3, 0.4) is 0 Å². The van der Waals surface area contributed by atoms with E-state index in [9.17, 15) is 18.0 Å². The minimum absolute atomic E-state index is 0.214. The summed E-state index contributed by atoms with van der Waals surface area (Å²) >= 11 is 0. The molecule has 0 bridgehead atoms. The molecule has 0 aliphatic heterocycles. The van der Waals surface area contributed by atoms with Crippen LogP contribution in [0.4, 0.5) is 13.2 Å². The zero-order valence-electron chi connectivity index (χ0n) is 10.4. The lowest BCUT2D eigenvalue weighted by Gasteiger charge is -2.25. The first-order chi connectivity index (χ1) is 8.33. The highest BCUT2D eigenvalue weighted by Gasteiger charge is 2.40. The van der Waals surface area contributed by atoms with E-state index in [1.807, 2.05) is 13.8 Å². The van der Waals surface area contributed by atoms with Crippen molar-refractivity contribution >= 4 is 5.78 Å². The standard InChI is InChI=1S/C14H15F3O/c1-14(2)5-3-4-9(14)13(18)8-6-11(16)12(17)7-10(8)15/h6-7,9H,3-5H2,1-2H3. The van der Waals surface area contributed by atoms with Crippen molar-refractivity contribution in [2.45, 2.75) is 33.1 Å². The first-order valence-corrected chi connectivity index (χ1v) is 6.01. The molecule has 1 nitrogen and oxygen atoms in total. The van der Waals surface area contributed by atoms with E-state index < -0.39 is 23.2 Å². The molecule has 1 aliphatic carbocycles. The quantitative estimate of drug-likeness (QED) is 0.574. The van der Waals surface area contributed by atoms with Crippen molar-refractivity contribution in [2.75, 3.05) is 0 Å². The normalized spacial score (nSPS) is 22.2. The molecule has 98 valence electrons. The summed E-state index contributed by atoms with van der Waals surface area (Å²) in [4.78, 5) is 12.2. The molecule has 0 saturated heterocycles. The van der Waals surface area contributed by atoms with Crippen molar-refractivity contribution in [3.8, 4) is 0 Å². The minimum Gasteiger partial charge on any atom is -0.294 e. The summed E-state index contributed by atoms with van der Waals surface area (Å²) in [6, 6.07) is 1.10. The van der Waals surface area contributed by atoms with Gasteiger partial charge in [-0.15, -0.1) is 0 Å². The molecule has 2 rings (SSSR count). The van der Waals surface area contributed by atoms with E-state index in [4.69, 9.17) is 0 Å². The highest BCUT2D eigenvalue weighted by molar-refractivity contribution is 5.98. The lowest BCUT2D eigenvalue weighted by Crippen LogP contribution is -2.26. The molecule has 0 spiro atoms. The van der Waals surface area contributed by atoms with Crippen molar-refractivity contribution in [2.24, 2.45) is 11.3 Å². The van der Waals surface area contributed by atoms with E-state index in [0.29, 0.717) is 18.6 Å². The van der Waals surface area contributed by atoms with Crippen LogP contribution in [0.5, 0.6) is 0 Å². The number of hydrogen-bond acceptors (Lipinski definition) is 1. The predicted molar refractivity (Wildman–Crippen MR) is 61.8 cm³/mol. The van der Waals surface area contributed by atoms with Gasteiger partial charge in [-0.1, -0.05) is 20.3 Å². The third kappa shape index (κ3) is 2.16. The monoisotopic (exact) mass is 256 g/mol. The van der Waals surface area contributed by atoms with Crippen LogP contribution in [0.15, 0.2) is 12.1 Å². The van der Waals surface area contributed by atoms with Gasteiger partial charge in [0.25, 0.3) is 0 Å². The van der Waals surface area contributed by atoms with Crippen LogP contribution in [-0.4, -0.2) is 5.78 Å². The molecule has 1 saturated carbocycles. The van der Waals surface area contributed by atoms with Gasteiger partial charge in [-0.3, -0.25) is 4.79 Å². The lowest BCUT2D eigenvalue weighted by atomic mass is 9.77. The number of hydrogen-bond donors (Lipinski definition) is 0. The molecule has 0 heterocycles. The fourth-order valence-corrected chi connectivity index (χ4v) is 2.71. The summed E-state index contributed by atoms with van der Waals surface area (Å²) in [6.45, 7) is 3.89. The predicted octanol–water partition coefficient (Wildman–Crippen LogP) is 4.11. The molecule has 18 heavy (non-hydrogen) atoms. The highest BCUT2D eigenvalue weighted by Crippen LogP contribution is 2.44. The Kier molecular flexibility index (Phi) is 3.21. The zero-order valence-corrected chi connectivity index (χ0v) is 10.4. The summed E-state index contributed by atoms with van der Waals surface area (Å²) < 4.78 is 39.5. The third-order valence-electron chi connectivity index (χ3n) is 3.85. The maximum atomic E-state index is 13.6. The van der Waals surface area contributed by atoms with Crippen LogP contribution < -0.4 is 0 Å². The van der Waals surface area contributed by atoms with Gasteiger partial charge in [0.1, 0.15) is 5.82 Å². The van der Waals surface area contributed by atoms with Crippen molar-refractivity contribution < 1.29 is 18.0 Å². The second-order valence-electron chi connectivity index (χ2n) is 5.54. The van der Waals surface area contributed by atoms with Crippen molar-refractivity contribution in [3.63, 3.8) is 0 Å². The van der Waals surface area contributed by atoms with Gasteiger partial charge in [0, 0.05) is 12.0 Å². The molecule has 1 unspecified atom stereocenters. The van der Waals surface area contributed by atoms with E-state index in [1.54, 1.807) is 0 Å². The van der Waals surface area contributed by atoms with Crippen LogP contribution >= 0.6 is 0 Å². The molecule has 0 radical (unpaired) electrons. The Bertz CT molecular complexity index is 494. The molecule has 4 heteroatoms. The summed E-state index contributed by atoms with van der Waals surface area (Å²) in [7, 11) is 0. The highest BCUT2D eigenvalue weighted by atomic mass is 19.2. The largest absolute Gasteiger partial charge is 0.294 e. The Labute approximate surface area is 104 Å². The average molecular weight is 256 g/mol. The Morgan fingerprint density at radius 3 is 2.33 bits per heavy atom. The number of carbonyl (C=O) groups is 1. The van der Waals surface area contributed by atoms with E-state index in [1.165, 1.54) is 0 Å². The van der Waals surface area contributed by atoms with Gasteiger partial charge in [0.15, 0.2) is 17.4 Å². The molecular formula is C14H15F3O. The minimum atomic E-state index is -1.27. The Hall–Kier alpha value is -1.32. The second-order valence-corrected chi connectivity index (χ2v) is 5.54. The van der Waals surface area contributed by atoms with E-state index in [-0.39, 0.29) is 16.9 Å². The van der Waals surface area contributed by atoms with Gasteiger partial charge in [-0.2, -0.15) is 0 Å². The molecule has 0 amide bonds. The number of Topliss-reactive ketones (excluding diaryl/α,β-unsaturated/α-hetero) is 1. The van der Waals surface area contributed by atoms with Crippen molar-refractivity contribution in [1.29, 1.82) is 0 Å². The molecule has 1 aromatic rings. The number of benzene rings is 1. The molecule has 1 fully saturated rings. The number of halogens is 3. The molecule has 0 N–H and O–H groups in total. The van der Waals surface area contributed by atoms with Gasteiger partial charge < -0.3 is 0 Å². The number of ketones is 1. The summed E-state index contributed by atoms with van der Waals surface area (Å²) in [6.07, 6.45) is 2.45.